The molecule has 0 aromatic rings. The van der Waals surface area contributed by atoms with Crippen molar-refractivity contribution in [3.8, 4) is 0 Å². The fourth-order valence-corrected chi connectivity index (χ4v) is 0.984. The molecule has 2 N–H and O–H groups in total. The summed E-state index contributed by atoms with van der Waals surface area (Å²) >= 11 is 1.43. The van der Waals surface area contributed by atoms with Crippen LogP contribution in [0.4, 0.5) is 0 Å². The second-order valence-electron chi connectivity index (χ2n) is 2.38. The van der Waals surface area contributed by atoms with Gasteiger partial charge in [-0.3, -0.25) is 5.14 Å². The highest BCUT2D eigenvalue weighted by Gasteiger charge is 1.88. The van der Waals surface area contributed by atoms with Crippen LogP contribution in [0, 0.1) is 0 Å². The molecule has 0 aromatic heterocycles. The van der Waals surface area contributed by atoms with Gasteiger partial charge in [0.2, 0.25) is 0 Å². The van der Waals surface area contributed by atoms with E-state index in [4.69, 9.17) is 5.14 Å². The van der Waals surface area contributed by atoms with Gasteiger partial charge in [0.15, 0.2) is 0 Å². The van der Waals surface area contributed by atoms with Crippen LogP contribution in [0.3, 0.4) is 0 Å². The molecule has 0 atom stereocenters. The zero-order chi connectivity index (χ0) is 7.11. The standard InChI is InChI=1S/C6H16N2S/c1-8(2)5-3-4-6-9-7/h3-7H2,1-2H3. The van der Waals surface area contributed by atoms with Crippen LogP contribution < -0.4 is 5.14 Å². The van der Waals surface area contributed by atoms with E-state index in [1.54, 1.807) is 0 Å². The number of hydrogen-bond donors (Lipinski definition) is 1. The maximum Gasteiger partial charge on any atom is 0.00769 e. The minimum absolute atomic E-state index is 1.09. The van der Waals surface area contributed by atoms with Gasteiger partial charge < -0.3 is 4.90 Å². The molecule has 56 valence electrons. The number of hydrogen-bond acceptors (Lipinski definition) is 3. The zero-order valence-corrected chi connectivity index (χ0v) is 7.08. The minimum atomic E-state index is 1.09. The van der Waals surface area contributed by atoms with Gasteiger partial charge in [-0.1, -0.05) is 11.9 Å². The van der Waals surface area contributed by atoms with Crippen LogP contribution in [0.15, 0.2) is 0 Å². The summed E-state index contributed by atoms with van der Waals surface area (Å²) in [7, 11) is 4.19. The Morgan fingerprint density at radius 1 is 1.33 bits per heavy atom. The Hall–Kier alpha value is 0.270. The molecular formula is C6H16N2S. The molecule has 0 fully saturated rings. The summed E-state index contributed by atoms with van der Waals surface area (Å²) in [4.78, 5) is 2.20. The highest BCUT2D eigenvalue weighted by molar-refractivity contribution is 7.97. The quantitative estimate of drug-likeness (QED) is 0.464. The maximum atomic E-state index is 5.25. The summed E-state index contributed by atoms with van der Waals surface area (Å²) in [5, 5.41) is 5.25. The lowest BCUT2D eigenvalue weighted by Gasteiger charge is -2.07. The van der Waals surface area contributed by atoms with Crippen LogP contribution in [0.2, 0.25) is 0 Å². The lowest BCUT2D eigenvalue weighted by atomic mass is 10.3. The van der Waals surface area contributed by atoms with Gasteiger partial charge >= 0.3 is 0 Å². The number of nitrogens with zero attached hydrogens (tertiary/aromatic N) is 1. The third kappa shape index (κ3) is 8.27. The molecule has 0 amide bonds. The van der Waals surface area contributed by atoms with Crippen LogP contribution in [0.25, 0.3) is 0 Å². The third-order valence-electron chi connectivity index (χ3n) is 1.12. The van der Waals surface area contributed by atoms with Gasteiger partial charge in [0.05, 0.1) is 0 Å². The van der Waals surface area contributed by atoms with Crippen molar-refractivity contribution in [2.75, 3.05) is 26.4 Å². The highest BCUT2D eigenvalue weighted by Crippen LogP contribution is 1.95. The molecule has 0 heterocycles. The van der Waals surface area contributed by atoms with Crippen LogP contribution in [-0.4, -0.2) is 31.3 Å². The monoisotopic (exact) mass is 148 g/mol. The van der Waals surface area contributed by atoms with E-state index < -0.39 is 0 Å². The fourth-order valence-electron chi connectivity index (χ4n) is 0.613. The maximum absolute atomic E-state index is 5.25. The molecule has 0 saturated carbocycles. The third-order valence-corrected chi connectivity index (χ3v) is 1.64. The Morgan fingerprint density at radius 2 is 2.00 bits per heavy atom. The molecule has 9 heavy (non-hydrogen) atoms. The van der Waals surface area contributed by atoms with Crippen molar-refractivity contribution in [1.29, 1.82) is 0 Å². The summed E-state index contributed by atoms with van der Waals surface area (Å²) in [5.74, 6) is 1.09. The predicted octanol–water partition coefficient (Wildman–Crippen LogP) is 0.935. The lowest BCUT2D eigenvalue weighted by Crippen LogP contribution is -2.12. The molecule has 0 unspecified atom stereocenters. The van der Waals surface area contributed by atoms with Gasteiger partial charge in [0, 0.05) is 5.75 Å². The second-order valence-corrected chi connectivity index (χ2v) is 3.12. The van der Waals surface area contributed by atoms with Crippen molar-refractivity contribution in [2.45, 2.75) is 12.8 Å². The summed E-state index contributed by atoms with van der Waals surface area (Å²) < 4.78 is 0. The molecule has 0 rings (SSSR count). The molecule has 3 heteroatoms. The molecule has 0 spiro atoms. The van der Waals surface area contributed by atoms with E-state index in [1.807, 2.05) is 0 Å². The summed E-state index contributed by atoms with van der Waals surface area (Å²) in [6.45, 7) is 1.18. The minimum Gasteiger partial charge on any atom is -0.309 e. The zero-order valence-electron chi connectivity index (χ0n) is 6.26. The van der Waals surface area contributed by atoms with Crippen molar-refractivity contribution in [3.05, 3.63) is 0 Å². The van der Waals surface area contributed by atoms with E-state index in [0.717, 1.165) is 5.75 Å². The van der Waals surface area contributed by atoms with Crippen molar-refractivity contribution in [2.24, 2.45) is 5.14 Å². The molecule has 0 aliphatic rings. The topological polar surface area (TPSA) is 29.3 Å². The normalized spacial score (nSPS) is 10.7. The van der Waals surface area contributed by atoms with Crippen molar-refractivity contribution < 1.29 is 0 Å². The number of rotatable bonds is 5. The van der Waals surface area contributed by atoms with E-state index in [1.165, 1.54) is 31.3 Å². The van der Waals surface area contributed by atoms with Crippen LogP contribution in [0.1, 0.15) is 12.8 Å². The molecule has 0 aliphatic carbocycles. The Labute approximate surface area is 61.9 Å². The van der Waals surface area contributed by atoms with Gasteiger partial charge in [-0.25, -0.2) is 0 Å². The first-order valence-electron chi connectivity index (χ1n) is 3.24. The predicted molar refractivity (Wildman–Crippen MR) is 44.4 cm³/mol. The molecule has 0 aromatic carbocycles. The van der Waals surface area contributed by atoms with E-state index in [9.17, 15) is 0 Å². The Morgan fingerprint density at radius 3 is 2.44 bits per heavy atom. The number of unbranched alkanes of at least 4 members (excludes halogenated alkanes) is 1. The first-order valence-corrected chi connectivity index (χ1v) is 4.28. The molecule has 2 nitrogen and oxygen atoms in total. The molecule has 0 bridgehead atoms. The van der Waals surface area contributed by atoms with Gasteiger partial charge in [-0.2, -0.15) is 0 Å². The molecule has 0 saturated heterocycles. The van der Waals surface area contributed by atoms with Gasteiger partial charge in [0.25, 0.3) is 0 Å². The summed E-state index contributed by atoms with van der Waals surface area (Å²) in [5.41, 5.74) is 0. The molecular weight excluding hydrogens is 132 g/mol. The Kier molecular flexibility index (Phi) is 6.58. The van der Waals surface area contributed by atoms with Crippen LogP contribution >= 0.6 is 11.9 Å². The van der Waals surface area contributed by atoms with Gasteiger partial charge in [-0.15, -0.1) is 0 Å². The second kappa shape index (κ2) is 6.39. The number of nitrogens with two attached hydrogens (primary N) is 1. The van der Waals surface area contributed by atoms with E-state index in [2.05, 4.69) is 19.0 Å². The largest absolute Gasteiger partial charge is 0.309 e. The van der Waals surface area contributed by atoms with Crippen molar-refractivity contribution in [1.82, 2.24) is 4.90 Å². The summed E-state index contributed by atoms with van der Waals surface area (Å²) in [6.07, 6.45) is 2.50. The first-order chi connectivity index (χ1) is 4.27. The average molecular weight is 148 g/mol. The van der Waals surface area contributed by atoms with E-state index >= 15 is 0 Å². The summed E-state index contributed by atoms with van der Waals surface area (Å²) in [6, 6.07) is 0. The van der Waals surface area contributed by atoms with Crippen molar-refractivity contribution in [3.63, 3.8) is 0 Å². The highest BCUT2D eigenvalue weighted by atomic mass is 32.2. The SMILES string of the molecule is CN(C)CCCCSN. The Bertz CT molecular complexity index is 57.0. The van der Waals surface area contributed by atoms with Crippen molar-refractivity contribution >= 4 is 11.9 Å². The van der Waals surface area contributed by atoms with Crippen LogP contribution in [0.5, 0.6) is 0 Å². The first kappa shape index (κ1) is 9.27. The van der Waals surface area contributed by atoms with Gasteiger partial charge in [-0.05, 0) is 33.5 Å². The molecule has 0 aliphatic heterocycles. The van der Waals surface area contributed by atoms with Gasteiger partial charge in [0.1, 0.15) is 0 Å². The average Bonchev–Trinajstić information content (AvgIpc) is 1.80. The fraction of sp³-hybridized carbons (Fsp3) is 1.00. The Balaban J connectivity index is 2.75. The lowest BCUT2D eigenvalue weighted by molar-refractivity contribution is 0.399. The smallest absolute Gasteiger partial charge is 0.00769 e. The van der Waals surface area contributed by atoms with E-state index in [-0.39, 0.29) is 0 Å². The van der Waals surface area contributed by atoms with Crippen LogP contribution in [-0.2, 0) is 0 Å². The molecule has 0 radical (unpaired) electrons. The van der Waals surface area contributed by atoms with E-state index in [0.29, 0.717) is 0 Å².